The highest BCUT2D eigenvalue weighted by Gasteiger charge is 2.48. The van der Waals surface area contributed by atoms with E-state index in [-0.39, 0.29) is 24.6 Å². The highest BCUT2D eigenvalue weighted by Crippen LogP contribution is 2.29. The summed E-state index contributed by atoms with van der Waals surface area (Å²) in [5.41, 5.74) is -0.461. The summed E-state index contributed by atoms with van der Waals surface area (Å²) in [6, 6.07) is 13.7. The number of amides is 3. The van der Waals surface area contributed by atoms with Gasteiger partial charge in [0, 0.05) is 6.07 Å². The molecule has 9 heteroatoms. The Morgan fingerprint density at radius 2 is 1.89 bits per heavy atom. The van der Waals surface area contributed by atoms with Gasteiger partial charge in [0.2, 0.25) is 0 Å². The Labute approximate surface area is 160 Å². The molecule has 0 spiro atoms. The first-order valence-corrected chi connectivity index (χ1v) is 8.38. The van der Waals surface area contributed by atoms with Crippen LogP contribution in [0.5, 0.6) is 5.75 Å². The summed E-state index contributed by atoms with van der Waals surface area (Å²) in [5.74, 6) is -0.400. The van der Waals surface area contributed by atoms with Gasteiger partial charge < -0.3 is 10.1 Å². The zero-order chi connectivity index (χ0) is 20.3. The lowest BCUT2D eigenvalue weighted by molar-refractivity contribution is -0.385. The van der Waals surface area contributed by atoms with E-state index in [1.54, 1.807) is 37.3 Å². The highest BCUT2D eigenvalue weighted by molar-refractivity contribution is 6.07. The molecule has 9 nitrogen and oxygen atoms in total. The number of carbonyl (C=O) groups excluding carboxylic acids is 2. The Morgan fingerprint density at radius 3 is 2.54 bits per heavy atom. The van der Waals surface area contributed by atoms with Gasteiger partial charge in [-0.3, -0.25) is 19.8 Å². The number of nitro groups is 1. The first-order chi connectivity index (χ1) is 13.4. The van der Waals surface area contributed by atoms with Gasteiger partial charge in [0.15, 0.2) is 5.75 Å². The van der Waals surface area contributed by atoms with Crippen LogP contribution in [0.2, 0.25) is 0 Å². The number of benzene rings is 2. The Morgan fingerprint density at radius 1 is 1.21 bits per heavy atom. The molecule has 1 fully saturated rings. The number of hydrogen-bond acceptors (Lipinski definition) is 6. The van der Waals surface area contributed by atoms with Gasteiger partial charge >= 0.3 is 11.7 Å². The van der Waals surface area contributed by atoms with Gasteiger partial charge in [0.05, 0.1) is 23.1 Å². The van der Waals surface area contributed by atoms with E-state index in [0.29, 0.717) is 11.1 Å². The number of nitrogens with zero attached hydrogens (tertiary/aromatic N) is 3. The molecule has 0 bridgehead atoms. The number of nitro benzene ring substituents is 1. The molecule has 3 amide bonds. The average Bonchev–Trinajstić information content (AvgIpc) is 2.92. The predicted octanol–water partition coefficient (Wildman–Crippen LogP) is 2.31. The van der Waals surface area contributed by atoms with E-state index in [1.165, 1.54) is 18.2 Å². The Kier molecular flexibility index (Phi) is 4.96. The molecule has 1 heterocycles. The van der Waals surface area contributed by atoms with Crippen LogP contribution < -0.4 is 10.1 Å². The molecule has 2 aromatic rings. The fourth-order valence-electron chi connectivity index (χ4n) is 2.95. The largest absolute Gasteiger partial charge is 0.485 e. The molecule has 28 heavy (non-hydrogen) atoms. The number of para-hydroxylation sites is 2. The second kappa shape index (κ2) is 7.36. The summed E-state index contributed by atoms with van der Waals surface area (Å²) in [7, 11) is 0. The molecular weight excluding hydrogens is 364 g/mol. The van der Waals surface area contributed by atoms with E-state index in [9.17, 15) is 19.7 Å². The minimum Gasteiger partial charge on any atom is -0.485 e. The van der Waals surface area contributed by atoms with Crippen LogP contribution in [0, 0.1) is 21.4 Å². The third-order valence-corrected chi connectivity index (χ3v) is 4.50. The van der Waals surface area contributed by atoms with E-state index < -0.39 is 22.4 Å². The zero-order valence-electron chi connectivity index (χ0n) is 14.9. The smallest absolute Gasteiger partial charge is 0.325 e. The highest BCUT2D eigenvalue weighted by atomic mass is 16.6. The molecule has 3 rings (SSSR count). The van der Waals surface area contributed by atoms with Crippen molar-refractivity contribution >= 4 is 17.6 Å². The lowest BCUT2D eigenvalue weighted by atomic mass is 9.91. The molecule has 1 saturated heterocycles. The number of imide groups is 1. The van der Waals surface area contributed by atoms with Crippen molar-refractivity contribution in [2.75, 3.05) is 13.2 Å². The van der Waals surface area contributed by atoms with Gasteiger partial charge in [0.25, 0.3) is 5.91 Å². The van der Waals surface area contributed by atoms with Crippen LogP contribution in [-0.4, -0.2) is 34.9 Å². The molecule has 0 aliphatic carbocycles. The molecule has 0 saturated carbocycles. The average molecular weight is 380 g/mol. The quantitative estimate of drug-likeness (QED) is 0.466. The first kappa shape index (κ1) is 18.8. The van der Waals surface area contributed by atoms with Crippen LogP contribution in [0.25, 0.3) is 0 Å². The van der Waals surface area contributed by atoms with E-state index in [0.717, 1.165) is 4.90 Å². The molecular formula is C19H16N4O5. The molecule has 0 radical (unpaired) electrons. The number of hydrogen-bond donors (Lipinski definition) is 1. The summed E-state index contributed by atoms with van der Waals surface area (Å²) in [6.45, 7) is 1.42. The van der Waals surface area contributed by atoms with Crippen molar-refractivity contribution < 1.29 is 19.2 Å². The third kappa shape index (κ3) is 3.35. The fraction of sp³-hybridized carbons (Fsp3) is 0.211. The number of carbonyl (C=O) groups is 2. The SMILES string of the molecule is C[C@]1(c2ccc(C#N)cc2)NC(=O)N(CCOc2ccccc2[N+](=O)[O-])C1=O. The molecule has 1 atom stereocenters. The van der Waals surface area contributed by atoms with Crippen LogP contribution in [0.4, 0.5) is 10.5 Å². The maximum Gasteiger partial charge on any atom is 0.325 e. The van der Waals surface area contributed by atoms with E-state index >= 15 is 0 Å². The van der Waals surface area contributed by atoms with Crippen LogP contribution in [0.3, 0.4) is 0 Å². The summed E-state index contributed by atoms with van der Waals surface area (Å²) in [6.07, 6.45) is 0. The minimum absolute atomic E-state index is 0.0643. The fourth-order valence-corrected chi connectivity index (χ4v) is 2.95. The second-order valence-electron chi connectivity index (χ2n) is 6.27. The van der Waals surface area contributed by atoms with Gasteiger partial charge in [-0.15, -0.1) is 0 Å². The van der Waals surface area contributed by atoms with Gasteiger partial charge in [-0.2, -0.15) is 5.26 Å². The van der Waals surface area contributed by atoms with Crippen LogP contribution >= 0.6 is 0 Å². The third-order valence-electron chi connectivity index (χ3n) is 4.50. The number of urea groups is 1. The van der Waals surface area contributed by atoms with Gasteiger partial charge in [-0.05, 0) is 30.7 Å². The first-order valence-electron chi connectivity index (χ1n) is 8.38. The molecule has 0 unspecified atom stereocenters. The Balaban J connectivity index is 1.70. The van der Waals surface area contributed by atoms with Gasteiger partial charge in [-0.25, -0.2) is 4.79 Å². The predicted molar refractivity (Wildman–Crippen MR) is 97.3 cm³/mol. The number of rotatable bonds is 6. The van der Waals surface area contributed by atoms with Gasteiger partial charge in [-0.1, -0.05) is 24.3 Å². The van der Waals surface area contributed by atoms with E-state index in [4.69, 9.17) is 10.00 Å². The normalized spacial score (nSPS) is 18.5. The van der Waals surface area contributed by atoms with Crippen molar-refractivity contribution in [1.29, 1.82) is 5.26 Å². The molecule has 1 aliphatic rings. The van der Waals surface area contributed by atoms with Crippen LogP contribution in [0.1, 0.15) is 18.1 Å². The van der Waals surface area contributed by atoms with E-state index in [2.05, 4.69) is 5.32 Å². The van der Waals surface area contributed by atoms with Crippen LogP contribution in [-0.2, 0) is 10.3 Å². The Hall–Kier alpha value is -3.93. The molecule has 2 aromatic carbocycles. The zero-order valence-corrected chi connectivity index (χ0v) is 14.9. The minimum atomic E-state index is -1.26. The number of nitrogens with one attached hydrogen (secondary N) is 1. The number of nitriles is 1. The number of ether oxygens (including phenoxy) is 1. The maximum atomic E-state index is 12.8. The van der Waals surface area contributed by atoms with Crippen molar-refractivity contribution in [3.63, 3.8) is 0 Å². The van der Waals surface area contributed by atoms with Crippen molar-refractivity contribution in [3.8, 4) is 11.8 Å². The molecule has 142 valence electrons. The monoisotopic (exact) mass is 380 g/mol. The van der Waals surface area contributed by atoms with Crippen molar-refractivity contribution in [2.24, 2.45) is 0 Å². The van der Waals surface area contributed by atoms with Crippen LogP contribution in [0.15, 0.2) is 48.5 Å². The molecule has 1 N–H and O–H groups in total. The van der Waals surface area contributed by atoms with Crippen molar-refractivity contribution in [3.05, 3.63) is 69.8 Å². The van der Waals surface area contributed by atoms with E-state index in [1.807, 2.05) is 6.07 Å². The lowest BCUT2D eigenvalue weighted by Gasteiger charge is -2.22. The second-order valence-corrected chi connectivity index (χ2v) is 6.27. The standard InChI is InChI=1S/C19H16N4O5/c1-19(14-8-6-13(12-20)7-9-14)17(24)22(18(25)21-19)10-11-28-16-5-3-2-4-15(16)23(26)27/h2-9H,10-11H2,1H3,(H,21,25)/t19-/m1/s1. The summed E-state index contributed by atoms with van der Waals surface area (Å²) >= 11 is 0. The summed E-state index contributed by atoms with van der Waals surface area (Å²) in [4.78, 5) is 36.6. The topological polar surface area (TPSA) is 126 Å². The van der Waals surface area contributed by atoms with Gasteiger partial charge in [0.1, 0.15) is 12.1 Å². The molecule has 1 aliphatic heterocycles. The summed E-state index contributed by atoms with van der Waals surface area (Å²) in [5, 5.41) is 22.6. The van der Waals surface area contributed by atoms with Crippen molar-refractivity contribution in [1.82, 2.24) is 10.2 Å². The molecule has 0 aromatic heterocycles. The lowest BCUT2D eigenvalue weighted by Crippen LogP contribution is -2.41. The van der Waals surface area contributed by atoms with Crippen molar-refractivity contribution in [2.45, 2.75) is 12.5 Å². The summed E-state index contributed by atoms with van der Waals surface area (Å²) < 4.78 is 5.41. The maximum absolute atomic E-state index is 12.8. The Bertz CT molecular complexity index is 983.